The molecule has 0 unspecified atom stereocenters. The molecule has 2 aromatic heterocycles. The monoisotopic (exact) mass is 511 g/mol. The number of carbonyl (C=O) groups is 1. The fourth-order valence-electron chi connectivity index (χ4n) is 4.07. The predicted molar refractivity (Wildman–Crippen MR) is 142 cm³/mol. The summed E-state index contributed by atoms with van der Waals surface area (Å²) in [4.78, 5) is 22.6. The number of aromatic nitrogens is 2. The number of piperidine rings is 1. The van der Waals surface area contributed by atoms with Gasteiger partial charge in [-0.15, -0.1) is 0 Å². The van der Waals surface area contributed by atoms with Crippen molar-refractivity contribution < 1.29 is 23.7 Å². The molecular weight excluding hydrogens is 482 g/mol. The average Bonchev–Trinajstić information content (AvgIpc) is 2.96. The van der Waals surface area contributed by atoms with Crippen molar-refractivity contribution in [2.45, 2.75) is 25.4 Å². The van der Waals surface area contributed by atoms with E-state index in [-0.39, 0.29) is 12.2 Å². The molecule has 3 heterocycles. The minimum Gasteiger partial charge on any atom is -0.492 e. The molecule has 0 aliphatic carbocycles. The molecule has 1 fully saturated rings. The number of hydrogen-bond acceptors (Lipinski definition) is 7. The Morgan fingerprint density at radius 3 is 2.29 bits per heavy atom. The summed E-state index contributed by atoms with van der Waals surface area (Å²) >= 11 is 0. The van der Waals surface area contributed by atoms with Crippen molar-refractivity contribution >= 4 is 6.09 Å². The number of benzene rings is 2. The number of rotatable bonds is 9. The summed E-state index contributed by atoms with van der Waals surface area (Å²) in [5.74, 6) is 3.28. The number of hydrogen-bond donors (Lipinski definition) is 0. The lowest BCUT2D eigenvalue weighted by Crippen LogP contribution is -2.43. The van der Waals surface area contributed by atoms with Gasteiger partial charge in [-0.05, 0) is 60.2 Å². The first-order valence-corrected chi connectivity index (χ1v) is 12.7. The maximum atomic E-state index is 12.7. The average molecular weight is 512 g/mol. The molecule has 0 atom stereocenters. The first kappa shape index (κ1) is 25.1. The van der Waals surface area contributed by atoms with Gasteiger partial charge in [-0.3, -0.25) is 4.98 Å². The van der Waals surface area contributed by atoms with Crippen LogP contribution in [-0.2, 0) is 6.42 Å². The molecule has 38 heavy (non-hydrogen) atoms. The van der Waals surface area contributed by atoms with Crippen LogP contribution in [0.25, 0.3) is 0 Å². The van der Waals surface area contributed by atoms with Gasteiger partial charge in [0.1, 0.15) is 29.1 Å². The molecule has 1 saturated heterocycles. The van der Waals surface area contributed by atoms with E-state index < -0.39 is 0 Å². The SMILES string of the molecule is O=C(Oc1ccc(CCOc2cccnc2)cc1)N1CCC(Oc2ccc(Oc3ccccn3)cc2)CC1. The van der Waals surface area contributed by atoms with Gasteiger partial charge >= 0.3 is 6.09 Å². The van der Waals surface area contributed by atoms with Gasteiger partial charge in [0, 0.05) is 50.8 Å². The molecule has 1 aliphatic rings. The van der Waals surface area contributed by atoms with Crippen LogP contribution in [0.4, 0.5) is 4.79 Å². The zero-order valence-corrected chi connectivity index (χ0v) is 20.9. The molecule has 8 heteroatoms. The zero-order chi connectivity index (χ0) is 26.0. The highest BCUT2D eigenvalue weighted by molar-refractivity contribution is 5.70. The second-order valence-electron chi connectivity index (χ2n) is 8.84. The van der Waals surface area contributed by atoms with Crippen molar-refractivity contribution in [1.82, 2.24) is 14.9 Å². The molecule has 5 rings (SSSR count). The van der Waals surface area contributed by atoms with Crippen LogP contribution in [0.5, 0.6) is 28.9 Å². The van der Waals surface area contributed by atoms with Gasteiger partial charge in [-0.2, -0.15) is 0 Å². The van der Waals surface area contributed by atoms with Gasteiger partial charge in [-0.25, -0.2) is 9.78 Å². The second-order valence-corrected chi connectivity index (χ2v) is 8.84. The second kappa shape index (κ2) is 12.6. The van der Waals surface area contributed by atoms with Crippen molar-refractivity contribution in [2.24, 2.45) is 0 Å². The fourth-order valence-corrected chi connectivity index (χ4v) is 4.07. The fraction of sp³-hybridized carbons (Fsp3) is 0.233. The highest BCUT2D eigenvalue weighted by Gasteiger charge is 2.25. The molecule has 0 bridgehead atoms. The van der Waals surface area contributed by atoms with Gasteiger partial charge in [0.05, 0.1) is 12.8 Å². The Bertz CT molecular complexity index is 1280. The largest absolute Gasteiger partial charge is 0.492 e. The van der Waals surface area contributed by atoms with Crippen LogP contribution in [0.3, 0.4) is 0 Å². The van der Waals surface area contributed by atoms with Crippen LogP contribution in [0.2, 0.25) is 0 Å². The van der Waals surface area contributed by atoms with Crippen molar-refractivity contribution in [2.75, 3.05) is 19.7 Å². The van der Waals surface area contributed by atoms with Gasteiger partial charge in [-0.1, -0.05) is 18.2 Å². The minimum atomic E-state index is -0.341. The van der Waals surface area contributed by atoms with Crippen molar-refractivity contribution in [1.29, 1.82) is 0 Å². The molecule has 1 amide bonds. The lowest BCUT2D eigenvalue weighted by atomic mass is 10.1. The normalized spacial score (nSPS) is 13.5. The number of amides is 1. The third-order valence-corrected chi connectivity index (χ3v) is 6.11. The van der Waals surface area contributed by atoms with E-state index >= 15 is 0 Å². The topological polar surface area (TPSA) is 83.0 Å². The number of pyridine rings is 2. The molecule has 0 N–H and O–H groups in total. The Morgan fingerprint density at radius 1 is 0.816 bits per heavy atom. The lowest BCUT2D eigenvalue weighted by molar-refractivity contribution is 0.0930. The Kier molecular flexibility index (Phi) is 8.30. The molecule has 0 spiro atoms. The zero-order valence-electron chi connectivity index (χ0n) is 20.9. The van der Waals surface area contributed by atoms with Crippen LogP contribution in [0.1, 0.15) is 18.4 Å². The summed E-state index contributed by atoms with van der Waals surface area (Å²) < 4.78 is 23.1. The van der Waals surface area contributed by atoms with E-state index in [0.29, 0.717) is 37.1 Å². The van der Waals surface area contributed by atoms with E-state index in [1.54, 1.807) is 29.6 Å². The highest BCUT2D eigenvalue weighted by atomic mass is 16.6. The standard InChI is InChI=1S/C30H29N3O5/c34-30(38-26-8-6-23(7-9-26)16-21-35-28-4-3-17-31-22-28)33-19-14-27(15-20-33)36-24-10-12-25(13-11-24)37-29-5-1-2-18-32-29/h1-13,17-18,22,27H,14-16,19-21H2. The van der Waals surface area contributed by atoms with Crippen LogP contribution in [0.15, 0.2) is 97.5 Å². The van der Waals surface area contributed by atoms with Crippen LogP contribution < -0.4 is 18.9 Å². The Balaban J connectivity index is 1.02. The third-order valence-electron chi connectivity index (χ3n) is 6.11. The quantitative estimate of drug-likeness (QED) is 0.275. The first-order chi connectivity index (χ1) is 18.7. The summed E-state index contributed by atoms with van der Waals surface area (Å²) in [5.41, 5.74) is 1.10. The molecule has 194 valence electrons. The van der Waals surface area contributed by atoms with Gasteiger partial charge in [0.15, 0.2) is 0 Å². The molecular formula is C30H29N3O5. The molecule has 1 aliphatic heterocycles. The molecule has 0 radical (unpaired) electrons. The smallest absolute Gasteiger partial charge is 0.415 e. The molecule has 0 saturated carbocycles. The highest BCUT2D eigenvalue weighted by Crippen LogP contribution is 2.25. The lowest BCUT2D eigenvalue weighted by Gasteiger charge is -2.31. The number of nitrogens with zero attached hydrogens (tertiary/aromatic N) is 3. The molecule has 4 aromatic rings. The summed E-state index contributed by atoms with van der Waals surface area (Å²) in [7, 11) is 0. The van der Waals surface area contributed by atoms with E-state index in [0.717, 1.165) is 36.3 Å². The predicted octanol–water partition coefficient (Wildman–Crippen LogP) is 5.93. The van der Waals surface area contributed by atoms with E-state index in [1.165, 1.54) is 0 Å². The maximum Gasteiger partial charge on any atom is 0.415 e. The minimum absolute atomic E-state index is 0.0368. The van der Waals surface area contributed by atoms with Crippen LogP contribution in [-0.4, -0.2) is 46.8 Å². The van der Waals surface area contributed by atoms with Crippen molar-refractivity contribution in [3.8, 4) is 28.9 Å². The molecule has 2 aromatic carbocycles. The molecule has 8 nitrogen and oxygen atoms in total. The Hall–Kier alpha value is -4.59. The number of carbonyl (C=O) groups excluding carboxylic acids is 1. The van der Waals surface area contributed by atoms with E-state index in [1.807, 2.05) is 72.8 Å². The Morgan fingerprint density at radius 2 is 1.58 bits per heavy atom. The van der Waals surface area contributed by atoms with Gasteiger partial charge in [0.2, 0.25) is 5.88 Å². The van der Waals surface area contributed by atoms with E-state index in [2.05, 4.69) is 9.97 Å². The van der Waals surface area contributed by atoms with Gasteiger partial charge in [0.25, 0.3) is 0 Å². The number of likely N-dealkylation sites (tertiary alicyclic amines) is 1. The Labute approximate surface area is 221 Å². The third kappa shape index (κ3) is 7.22. The van der Waals surface area contributed by atoms with E-state index in [4.69, 9.17) is 18.9 Å². The van der Waals surface area contributed by atoms with Crippen LogP contribution in [0, 0.1) is 0 Å². The summed E-state index contributed by atoms with van der Waals surface area (Å²) in [6, 6.07) is 24.2. The summed E-state index contributed by atoms with van der Waals surface area (Å²) in [5, 5.41) is 0. The summed E-state index contributed by atoms with van der Waals surface area (Å²) in [6.45, 7) is 1.70. The van der Waals surface area contributed by atoms with Crippen molar-refractivity contribution in [3.63, 3.8) is 0 Å². The van der Waals surface area contributed by atoms with Crippen molar-refractivity contribution in [3.05, 3.63) is 103 Å². The number of ether oxygens (including phenoxy) is 4. The summed E-state index contributed by atoms with van der Waals surface area (Å²) in [6.07, 6.45) is 7.00. The van der Waals surface area contributed by atoms with Crippen LogP contribution >= 0.6 is 0 Å². The van der Waals surface area contributed by atoms with E-state index in [9.17, 15) is 4.79 Å². The first-order valence-electron chi connectivity index (χ1n) is 12.7. The van der Waals surface area contributed by atoms with Gasteiger partial charge < -0.3 is 23.8 Å². The maximum absolute atomic E-state index is 12.7.